The third-order valence-corrected chi connectivity index (χ3v) is 3.63. The average Bonchev–Trinajstić information content (AvgIpc) is 2.49. The maximum Gasteiger partial charge on any atom is 0.184 e. The van der Waals surface area contributed by atoms with Crippen LogP contribution in [0, 0.1) is 11.3 Å². The van der Waals surface area contributed by atoms with E-state index in [1.165, 1.54) is 0 Å². The second kappa shape index (κ2) is 2.94. The molecule has 76 valence electrons. The molecule has 2 fully saturated rings. The zero-order valence-corrected chi connectivity index (χ0v) is 8.49. The zero-order valence-electron chi connectivity index (χ0n) is 8.49. The Morgan fingerprint density at radius 2 is 2.15 bits per heavy atom. The first-order valence-electron chi connectivity index (χ1n) is 5.02. The second-order valence-electron chi connectivity index (χ2n) is 4.65. The van der Waals surface area contributed by atoms with Crippen molar-refractivity contribution in [1.29, 1.82) is 0 Å². The maximum atomic E-state index is 9.94. The first-order valence-corrected chi connectivity index (χ1v) is 5.02. The van der Waals surface area contributed by atoms with Gasteiger partial charge in [-0.05, 0) is 11.3 Å². The minimum atomic E-state index is -0.459. The third kappa shape index (κ3) is 1.22. The molecule has 0 saturated carbocycles. The molecule has 3 heteroatoms. The molecule has 0 spiro atoms. The van der Waals surface area contributed by atoms with E-state index in [9.17, 15) is 5.11 Å². The van der Waals surface area contributed by atoms with Crippen LogP contribution in [0.2, 0.25) is 0 Å². The molecule has 0 aromatic heterocycles. The lowest BCUT2D eigenvalue weighted by molar-refractivity contribution is -0.214. The van der Waals surface area contributed by atoms with Crippen LogP contribution in [-0.2, 0) is 9.47 Å². The summed E-state index contributed by atoms with van der Waals surface area (Å²) in [6.45, 7) is 7.05. The monoisotopic (exact) mass is 186 g/mol. The molecular formula is C10H18O3. The van der Waals surface area contributed by atoms with Gasteiger partial charge in [-0.2, -0.15) is 0 Å². The van der Waals surface area contributed by atoms with E-state index in [4.69, 9.17) is 9.47 Å². The van der Waals surface area contributed by atoms with Gasteiger partial charge in [-0.3, -0.25) is 0 Å². The van der Waals surface area contributed by atoms with Crippen molar-refractivity contribution in [2.45, 2.75) is 45.7 Å². The number of hydrogen-bond acceptors (Lipinski definition) is 3. The number of fused-ring (bicyclic) bond motifs is 2. The summed E-state index contributed by atoms with van der Waals surface area (Å²) in [4.78, 5) is 0. The van der Waals surface area contributed by atoms with Crippen LogP contribution in [0.5, 0.6) is 0 Å². The van der Waals surface area contributed by atoms with Gasteiger partial charge in [0.25, 0.3) is 0 Å². The maximum absolute atomic E-state index is 9.94. The highest BCUT2D eigenvalue weighted by Crippen LogP contribution is 2.46. The Morgan fingerprint density at radius 1 is 1.46 bits per heavy atom. The number of aliphatic hydroxyl groups is 1. The van der Waals surface area contributed by atoms with Crippen LogP contribution in [-0.4, -0.2) is 30.2 Å². The summed E-state index contributed by atoms with van der Waals surface area (Å²) in [7, 11) is 0. The molecule has 0 aromatic carbocycles. The molecule has 3 nitrogen and oxygen atoms in total. The first kappa shape index (κ1) is 9.44. The van der Waals surface area contributed by atoms with Gasteiger partial charge in [0.1, 0.15) is 6.10 Å². The Hall–Kier alpha value is -0.120. The van der Waals surface area contributed by atoms with Crippen molar-refractivity contribution in [3.8, 4) is 0 Å². The first-order chi connectivity index (χ1) is 6.07. The molecule has 13 heavy (non-hydrogen) atoms. The summed E-state index contributed by atoms with van der Waals surface area (Å²) in [5.41, 5.74) is 0.0289. The molecule has 1 N–H and O–H groups in total. The van der Waals surface area contributed by atoms with Gasteiger partial charge in [-0.25, -0.2) is 0 Å². The summed E-state index contributed by atoms with van der Waals surface area (Å²) >= 11 is 0. The summed E-state index contributed by atoms with van der Waals surface area (Å²) in [6, 6.07) is 0. The quantitative estimate of drug-likeness (QED) is 0.667. The van der Waals surface area contributed by atoms with Crippen LogP contribution in [0.15, 0.2) is 0 Å². The minimum absolute atomic E-state index is 0.0289. The van der Waals surface area contributed by atoms with Gasteiger partial charge in [-0.1, -0.05) is 27.2 Å². The van der Waals surface area contributed by atoms with Crippen LogP contribution in [0.3, 0.4) is 0 Å². The Bertz CT molecular complexity index is 202. The van der Waals surface area contributed by atoms with E-state index in [1.54, 1.807) is 0 Å². The highest BCUT2D eigenvalue weighted by molar-refractivity contribution is 4.97. The van der Waals surface area contributed by atoms with Crippen LogP contribution in [0.4, 0.5) is 0 Å². The minimum Gasteiger partial charge on any atom is -0.388 e. The van der Waals surface area contributed by atoms with E-state index in [0.29, 0.717) is 12.5 Å². The molecule has 2 bridgehead atoms. The topological polar surface area (TPSA) is 38.7 Å². The molecule has 0 unspecified atom stereocenters. The fourth-order valence-electron chi connectivity index (χ4n) is 2.63. The lowest BCUT2D eigenvalue weighted by Crippen LogP contribution is -2.51. The van der Waals surface area contributed by atoms with Crippen molar-refractivity contribution in [2.75, 3.05) is 6.61 Å². The molecule has 2 saturated heterocycles. The fourth-order valence-corrected chi connectivity index (χ4v) is 2.63. The Kier molecular flexibility index (Phi) is 2.13. The van der Waals surface area contributed by atoms with Gasteiger partial charge in [0.15, 0.2) is 6.29 Å². The Balaban J connectivity index is 2.26. The van der Waals surface area contributed by atoms with Crippen molar-refractivity contribution in [1.82, 2.24) is 0 Å². The second-order valence-corrected chi connectivity index (χ2v) is 4.65. The molecular weight excluding hydrogens is 168 g/mol. The van der Waals surface area contributed by atoms with Crippen molar-refractivity contribution < 1.29 is 14.6 Å². The molecule has 2 aliphatic heterocycles. The van der Waals surface area contributed by atoms with E-state index in [0.717, 1.165) is 6.42 Å². The van der Waals surface area contributed by atoms with E-state index in [2.05, 4.69) is 20.8 Å². The third-order valence-electron chi connectivity index (χ3n) is 3.63. The molecule has 0 aliphatic carbocycles. The summed E-state index contributed by atoms with van der Waals surface area (Å²) in [5.74, 6) is 0.291. The molecule has 0 radical (unpaired) electrons. The van der Waals surface area contributed by atoms with Gasteiger partial charge in [0.05, 0.1) is 12.7 Å². The van der Waals surface area contributed by atoms with Crippen LogP contribution in [0.25, 0.3) is 0 Å². The predicted octanol–water partition coefficient (Wildman–Crippen LogP) is 1.15. The lowest BCUT2D eigenvalue weighted by Gasteiger charge is -2.44. The molecule has 0 aromatic rings. The molecule has 2 rings (SSSR count). The van der Waals surface area contributed by atoms with Gasteiger partial charge >= 0.3 is 0 Å². The number of rotatable bonds is 1. The average molecular weight is 186 g/mol. The van der Waals surface area contributed by atoms with E-state index < -0.39 is 6.10 Å². The fraction of sp³-hybridized carbons (Fsp3) is 1.00. The largest absolute Gasteiger partial charge is 0.388 e. The zero-order chi connectivity index (χ0) is 9.64. The lowest BCUT2D eigenvalue weighted by atomic mass is 9.69. The van der Waals surface area contributed by atoms with Crippen LogP contribution < -0.4 is 0 Å². The number of aliphatic hydroxyl groups excluding tert-OH is 1. The highest BCUT2D eigenvalue weighted by Gasteiger charge is 2.53. The number of hydrogen-bond donors (Lipinski definition) is 1. The van der Waals surface area contributed by atoms with E-state index >= 15 is 0 Å². The van der Waals surface area contributed by atoms with E-state index in [-0.39, 0.29) is 17.8 Å². The molecule has 2 aliphatic rings. The van der Waals surface area contributed by atoms with Gasteiger partial charge in [0.2, 0.25) is 0 Å². The normalized spacial score (nSPS) is 48.0. The smallest absolute Gasteiger partial charge is 0.184 e. The Morgan fingerprint density at radius 3 is 2.77 bits per heavy atom. The van der Waals surface area contributed by atoms with Crippen molar-refractivity contribution in [3.05, 3.63) is 0 Å². The molecule has 2 heterocycles. The SMILES string of the molecule is CC[C@H]1[C@H](O)[C@@H]2OC[C@@H](O2)C1(C)C. The van der Waals surface area contributed by atoms with Gasteiger partial charge in [-0.15, -0.1) is 0 Å². The van der Waals surface area contributed by atoms with Crippen molar-refractivity contribution in [2.24, 2.45) is 11.3 Å². The van der Waals surface area contributed by atoms with Gasteiger partial charge < -0.3 is 14.6 Å². The number of ether oxygens (including phenoxy) is 2. The van der Waals surface area contributed by atoms with E-state index in [1.807, 2.05) is 0 Å². The standard InChI is InChI=1S/C10H18O3/c1-4-6-8(11)9-12-5-7(13-9)10(6,2)3/h6-9,11H,4-5H2,1-3H3/t6-,7+,8-,9+/m0/s1. The molecule has 4 atom stereocenters. The van der Waals surface area contributed by atoms with Crippen molar-refractivity contribution in [3.63, 3.8) is 0 Å². The van der Waals surface area contributed by atoms with Crippen LogP contribution in [0.1, 0.15) is 27.2 Å². The predicted molar refractivity (Wildman–Crippen MR) is 48.2 cm³/mol. The van der Waals surface area contributed by atoms with Crippen LogP contribution >= 0.6 is 0 Å². The summed E-state index contributed by atoms with van der Waals surface area (Å²) in [6.07, 6.45) is 0.307. The van der Waals surface area contributed by atoms with Crippen molar-refractivity contribution >= 4 is 0 Å². The molecule has 0 amide bonds. The summed E-state index contributed by atoms with van der Waals surface area (Å²) in [5, 5.41) is 9.94. The summed E-state index contributed by atoms with van der Waals surface area (Å²) < 4.78 is 11.0. The Labute approximate surface area is 79.0 Å². The highest BCUT2D eigenvalue weighted by atomic mass is 16.7. The van der Waals surface area contributed by atoms with Gasteiger partial charge in [0, 0.05) is 0 Å².